The van der Waals surface area contributed by atoms with E-state index < -0.39 is 0 Å². The van der Waals surface area contributed by atoms with Crippen LogP contribution in [0.2, 0.25) is 5.02 Å². The predicted octanol–water partition coefficient (Wildman–Crippen LogP) is 6.75. The number of rotatable bonds is 11. The van der Waals surface area contributed by atoms with E-state index in [1.54, 1.807) is 6.07 Å². The molecule has 1 aromatic rings. The highest BCUT2D eigenvalue weighted by molar-refractivity contribution is 6.30. The molecule has 0 saturated carbocycles. The molecule has 1 rings (SSSR count). The van der Waals surface area contributed by atoms with Crippen LogP contribution in [0.5, 0.6) is 0 Å². The number of aryl methyl sites for hydroxylation is 1. The van der Waals surface area contributed by atoms with Gasteiger partial charge in [0.05, 0.1) is 0 Å². The van der Waals surface area contributed by atoms with E-state index in [0.717, 1.165) is 17.5 Å². The molecule has 2 heteroatoms. The summed E-state index contributed by atoms with van der Waals surface area (Å²) in [5, 5.41) is 0.701. The first-order valence-corrected chi connectivity index (χ1v) is 8.82. The summed E-state index contributed by atoms with van der Waals surface area (Å²) in [5.74, 6) is 0.257. The number of halogens is 1. The lowest BCUT2D eigenvalue weighted by atomic mass is 9.99. The topological polar surface area (TPSA) is 17.1 Å². The van der Waals surface area contributed by atoms with Gasteiger partial charge in [-0.15, -0.1) is 0 Å². The van der Waals surface area contributed by atoms with Gasteiger partial charge in [0.25, 0.3) is 0 Å². The number of benzene rings is 1. The number of Topliss-reactive ketones (excluding diaryl/α,β-unsaturated/α-hetero) is 1. The molecule has 0 bridgehead atoms. The SMILES string of the molecule is CCCCCCCCCCCC(=O)c1ccc(Cl)cc1C. The Labute approximate surface area is 135 Å². The highest BCUT2D eigenvalue weighted by Crippen LogP contribution is 2.18. The van der Waals surface area contributed by atoms with Crippen molar-refractivity contribution in [3.63, 3.8) is 0 Å². The van der Waals surface area contributed by atoms with E-state index in [1.165, 1.54) is 51.4 Å². The van der Waals surface area contributed by atoms with Gasteiger partial charge in [-0.05, 0) is 37.1 Å². The predicted molar refractivity (Wildman–Crippen MR) is 92.4 cm³/mol. The van der Waals surface area contributed by atoms with E-state index in [1.807, 2.05) is 19.1 Å². The van der Waals surface area contributed by atoms with Crippen molar-refractivity contribution >= 4 is 17.4 Å². The number of carbonyl (C=O) groups is 1. The molecule has 0 amide bonds. The number of hydrogen-bond acceptors (Lipinski definition) is 1. The molecule has 0 saturated heterocycles. The Hall–Kier alpha value is -0.820. The molecular formula is C19H29ClO. The van der Waals surface area contributed by atoms with Crippen molar-refractivity contribution in [2.45, 2.75) is 78.1 Å². The smallest absolute Gasteiger partial charge is 0.163 e. The van der Waals surface area contributed by atoms with Crippen molar-refractivity contribution in [3.05, 3.63) is 34.3 Å². The molecule has 0 aromatic heterocycles. The van der Waals surface area contributed by atoms with Crippen molar-refractivity contribution in [1.29, 1.82) is 0 Å². The van der Waals surface area contributed by atoms with Crippen LogP contribution < -0.4 is 0 Å². The van der Waals surface area contributed by atoms with E-state index >= 15 is 0 Å². The third kappa shape index (κ3) is 7.66. The minimum atomic E-state index is 0.257. The van der Waals surface area contributed by atoms with Gasteiger partial charge >= 0.3 is 0 Å². The highest BCUT2D eigenvalue weighted by Gasteiger charge is 2.08. The Bertz CT molecular complexity index is 426. The Balaban J connectivity index is 2.11. The van der Waals surface area contributed by atoms with E-state index in [2.05, 4.69) is 6.92 Å². The zero-order valence-electron chi connectivity index (χ0n) is 13.6. The molecule has 1 aromatic carbocycles. The Morgan fingerprint density at radius 2 is 1.52 bits per heavy atom. The number of unbranched alkanes of at least 4 members (excludes halogenated alkanes) is 8. The fourth-order valence-corrected chi connectivity index (χ4v) is 2.90. The molecule has 118 valence electrons. The van der Waals surface area contributed by atoms with Crippen LogP contribution in [0.15, 0.2) is 18.2 Å². The van der Waals surface area contributed by atoms with Gasteiger partial charge in [0, 0.05) is 17.0 Å². The zero-order chi connectivity index (χ0) is 15.5. The number of carbonyl (C=O) groups excluding carboxylic acids is 1. The van der Waals surface area contributed by atoms with Crippen LogP contribution in [0, 0.1) is 6.92 Å². The van der Waals surface area contributed by atoms with Crippen molar-refractivity contribution < 1.29 is 4.79 Å². The van der Waals surface area contributed by atoms with Gasteiger partial charge in [-0.3, -0.25) is 4.79 Å². The molecule has 0 aliphatic carbocycles. The van der Waals surface area contributed by atoms with Crippen LogP contribution >= 0.6 is 11.6 Å². The minimum Gasteiger partial charge on any atom is -0.294 e. The maximum absolute atomic E-state index is 12.1. The van der Waals surface area contributed by atoms with E-state index in [-0.39, 0.29) is 5.78 Å². The summed E-state index contributed by atoms with van der Waals surface area (Å²) in [7, 11) is 0. The second-order valence-corrected chi connectivity index (χ2v) is 6.40. The molecule has 0 unspecified atom stereocenters. The molecular weight excluding hydrogens is 280 g/mol. The van der Waals surface area contributed by atoms with Crippen molar-refractivity contribution in [2.24, 2.45) is 0 Å². The van der Waals surface area contributed by atoms with Crippen LogP contribution in [-0.2, 0) is 0 Å². The van der Waals surface area contributed by atoms with Crippen molar-refractivity contribution in [3.8, 4) is 0 Å². The van der Waals surface area contributed by atoms with Crippen LogP contribution in [0.25, 0.3) is 0 Å². The Morgan fingerprint density at radius 3 is 2.10 bits per heavy atom. The fraction of sp³-hybridized carbons (Fsp3) is 0.632. The molecule has 0 radical (unpaired) electrons. The molecule has 0 atom stereocenters. The Morgan fingerprint density at radius 1 is 0.952 bits per heavy atom. The summed E-state index contributed by atoms with van der Waals surface area (Å²) in [4.78, 5) is 12.1. The van der Waals surface area contributed by atoms with E-state index in [0.29, 0.717) is 11.4 Å². The largest absolute Gasteiger partial charge is 0.294 e. The average Bonchev–Trinajstić information content (AvgIpc) is 2.45. The highest BCUT2D eigenvalue weighted by atomic mass is 35.5. The van der Waals surface area contributed by atoms with E-state index in [9.17, 15) is 4.79 Å². The van der Waals surface area contributed by atoms with Gasteiger partial charge in [0.1, 0.15) is 0 Å². The summed E-state index contributed by atoms with van der Waals surface area (Å²) in [6, 6.07) is 5.52. The Kier molecular flexibility index (Phi) is 9.41. The van der Waals surface area contributed by atoms with Gasteiger partial charge in [-0.25, -0.2) is 0 Å². The summed E-state index contributed by atoms with van der Waals surface area (Å²) in [6.45, 7) is 4.20. The number of hydrogen-bond donors (Lipinski definition) is 0. The maximum Gasteiger partial charge on any atom is 0.163 e. The molecule has 0 N–H and O–H groups in total. The van der Waals surface area contributed by atoms with Crippen LogP contribution in [0.4, 0.5) is 0 Å². The first kappa shape index (κ1) is 18.2. The second kappa shape index (κ2) is 10.8. The molecule has 0 spiro atoms. The zero-order valence-corrected chi connectivity index (χ0v) is 14.3. The summed E-state index contributed by atoms with van der Waals surface area (Å²) < 4.78 is 0. The third-order valence-corrected chi connectivity index (χ3v) is 4.23. The van der Waals surface area contributed by atoms with Gasteiger partial charge in [-0.1, -0.05) is 69.9 Å². The quantitative estimate of drug-likeness (QED) is 0.326. The molecule has 0 aliphatic heterocycles. The molecule has 0 heterocycles. The van der Waals surface area contributed by atoms with Gasteiger partial charge in [0.15, 0.2) is 5.78 Å². The fourth-order valence-electron chi connectivity index (χ4n) is 2.67. The van der Waals surface area contributed by atoms with Gasteiger partial charge in [0.2, 0.25) is 0 Å². The molecule has 0 aliphatic rings. The standard InChI is InChI=1S/C19H29ClO/c1-3-4-5-6-7-8-9-10-11-12-19(21)18-14-13-17(20)15-16(18)2/h13-15H,3-12H2,1-2H3. The number of ketones is 1. The van der Waals surface area contributed by atoms with Crippen LogP contribution in [-0.4, -0.2) is 5.78 Å². The normalized spacial score (nSPS) is 10.8. The summed E-state index contributed by atoms with van der Waals surface area (Å²) in [5.41, 5.74) is 1.82. The maximum atomic E-state index is 12.1. The summed E-state index contributed by atoms with van der Waals surface area (Å²) >= 11 is 5.92. The second-order valence-electron chi connectivity index (χ2n) is 5.96. The lowest BCUT2D eigenvalue weighted by Gasteiger charge is -2.05. The first-order valence-electron chi connectivity index (χ1n) is 8.44. The van der Waals surface area contributed by atoms with Gasteiger partial charge in [-0.2, -0.15) is 0 Å². The lowest BCUT2D eigenvalue weighted by molar-refractivity contribution is 0.0978. The molecule has 0 fully saturated rings. The minimum absolute atomic E-state index is 0.257. The molecule has 1 nitrogen and oxygen atoms in total. The molecule has 21 heavy (non-hydrogen) atoms. The first-order chi connectivity index (χ1) is 10.1. The lowest BCUT2D eigenvalue weighted by Crippen LogP contribution is -2.01. The monoisotopic (exact) mass is 308 g/mol. The summed E-state index contributed by atoms with van der Waals surface area (Å²) in [6.07, 6.45) is 12.2. The van der Waals surface area contributed by atoms with Crippen LogP contribution in [0.1, 0.15) is 87.1 Å². The average molecular weight is 309 g/mol. The van der Waals surface area contributed by atoms with Crippen molar-refractivity contribution in [1.82, 2.24) is 0 Å². The van der Waals surface area contributed by atoms with Crippen molar-refractivity contribution in [2.75, 3.05) is 0 Å². The third-order valence-electron chi connectivity index (χ3n) is 4.00. The van der Waals surface area contributed by atoms with Gasteiger partial charge < -0.3 is 0 Å². The van der Waals surface area contributed by atoms with Crippen LogP contribution in [0.3, 0.4) is 0 Å². The van der Waals surface area contributed by atoms with E-state index in [4.69, 9.17) is 11.6 Å².